The summed E-state index contributed by atoms with van der Waals surface area (Å²) >= 11 is 0. The number of aromatic nitrogens is 2. The quantitative estimate of drug-likeness (QED) is 0.566. The summed E-state index contributed by atoms with van der Waals surface area (Å²) in [6, 6.07) is 11.0. The lowest BCUT2D eigenvalue weighted by molar-refractivity contribution is 0.0595. The van der Waals surface area contributed by atoms with Gasteiger partial charge in [-0.3, -0.25) is 0 Å². The molecule has 0 spiro atoms. The van der Waals surface area contributed by atoms with Crippen molar-refractivity contribution in [2.24, 2.45) is 0 Å². The van der Waals surface area contributed by atoms with Crippen LogP contribution in [0, 0.1) is 0 Å². The Kier molecular flexibility index (Phi) is 3.35. The Hall–Kier alpha value is -2.76. The average molecular weight is 277 g/mol. The van der Waals surface area contributed by atoms with Crippen LogP contribution in [0.3, 0.4) is 0 Å². The lowest BCUT2D eigenvalue weighted by Gasteiger charge is -2.06. The maximum atomic E-state index is 11.5. The number of fused-ring (bicyclic) bond motifs is 1. The summed E-state index contributed by atoms with van der Waals surface area (Å²) in [6.45, 7) is 0. The van der Waals surface area contributed by atoms with Gasteiger partial charge in [0.2, 0.25) is 0 Å². The Bertz CT molecular complexity index is 814. The van der Waals surface area contributed by atoms with Crippen molar-refractivity contribution in [1.82, 2.24) is 9.97 Å². The van der Waals surface area contributed by atoms with Crippen LogP contribution >= 0.6 is 0 Å². The van der Waals surface area contributed by atoms with Gasteiger partial charge in [-0.15, -0.1) is 0 Å². The Morgan fingerprint density at radius 2 is 2.14 bits per heavy atom. The van der Waals surface area contributed by atoms with Crippen LogP contribution in [0.4, 0.5) is 11.4 Å². The van der Waals surface area contributed by atoms with Gasteiger partial charge in [0, 0.05) is 11.1 Å². The van der Waals surface area contributed by atoms with Crippen LogP contribution in [0.1, 0.15) is 10.5 Å². The monoisotopic (exact) mass is 277 g/mol. The van der Waals surface area contributed by atoms with Crippen molar-refractivity contribution in [3.63, 3.8) is 0 Å². The topological polar surface area (TPSA) is 67.0 Å². The van der Waals surface area contributed by atoms with E-state index in [4.69, 9.17) is 7.85 Å². The van der Waals surface area contributed by atoms with Crippen LogP contribution in [-0.4, -0.2) is 30.9 Å². The summed E-state index contributed by atoms with van der Waals surface area (Å²) < 4.78 is 4.68. The first-order valence-corrected chi connectivity index (χ1v) is 6.35. The molecule has 2 aromatic heterocycles. The molecule has 3 aromatic rings. The highest BCUT2D eigenvalue weighted by molar-refractivity contribution is 6.32. The molecule has 0 aliphatic rings. The SMILES string of the molecule is [B]c1cccc(Nc2cnc3[nH]c(C(=O)OC)cc3c2)c1. The maximum absolute atomic E-state index is 11.5. The molecule has 0 aliphatic carbocycles. The molecule has 6 heteroatoms. The van der Waals surface area contributed by atoms with E-state index < -0.39 is 5.97 Å². The Morgan fingerprint density at radius 1 is 1.29 bits per heavy atom. The van der Waals surface area contributed by atoms with E-state index in [1.165, 1.54) is 7.11 Å². The summed E-state index contributed by atoms with van der Waals surface area (Å²) in [4.78, 5) is 18.7. The molecular weight excluding hydrogens is 265 g/mol. The third-order valence-corrected chi connectivity index (χ3v) is 3.05. The molecule has 102 valence electrons. The van der Waals surface area contributed by atoms with Crippen molar-refractivity contribution >= 4 is 41.7 Å². The molecule has 0 bridgehead atoms. The van der Waals surface area contributed by atoms with Crippen molar-refractivity contribution in [3.8, 4) is 0 Å². The molecule has 0 unspecified atom stereocenters. The summed E-state index contributed by atoms with van der Waals surface area (Å²) in [7, 11) is 7.08. The van der Waals surface area contributed by atoms with Crippen LogP contribution in [0.25, 0.3) is 11.0 Å². The van der Waals surface area contributed by atoms with Crippen molar-refractivity contribution in [1.29, 1.82) is 0 Å². The number of esters is 1. The second-order valence-electron chi connectivity index (χ2n) is 4.59. The molecule has 0 aliphatic heterocycles. The van der Waals surface area contributed by atoms with Gasteiger partial charge in [-0.1, -0.05) is 17.6 Å². The van der Waals surface area contributed by atoms with Crippen LogP contribution in [0.15, 0.2) is 42.6 Å². The minimum atomic E-state index is -0.418. The molecule has 2 heterocycles. The minimum Gasteiger partial charge on any atom is -0.464 e. The van der Waals surface area contributed by atoms with Gasteiger partial charge in [0.15, 0.2) is 0 Å². The number of carbonyl (C=O) groups is 1. The van der Waals surface area contributed by atoms with Gasteiger partial charge < -0.3 is 15.0 Å². The highest BCUT2D eigenvalue weighted by Crippen LogP contribution is 2.21. The van der Waals surface area contributed by atoms with Gasteiger partial charge in [0.25, 0.3) is 0 Å². The normalized spacial score (nSPS) is 10.5. The van der Waals surface area contributed by atoms with E-state index in [-0.39, 0.29) is 0 Å². The number of aromatic amines is 1. The number of benzene rings is 1. The van der Waals surface area contributed by atoms with E-state index in [1.807, 2.05) is 30.3 Å². The van der Waals surface area contributed by atoms with Crippen molar-refractivity contribution in [3.05, 3.63) is 48.3 Å². The van der Waals surface area contributed by atoms with Gasteiger partial charge in [-0.2, -0.15) is 0 Å². The van der Waals surface area contributed by atoms with Gasteiger partial charge in [-0.25, -0.2) is 9.78 Å². The number of rotatable bonds is 3. The molecule has 5 nitrogen and oxygen atoms in total. The molecule has 3 rings (SSSR count). The van der Waals surface area contributed by atoms with Crippen LogP contribution in [0.2, 0.25) is 0 Å². The van der Waals surface area contributed by atoms with E-state index in [0.29, 0.717) is 16.8 Å². The fraction of sp³-hybridized carbons (Fsp3) is 0.0667. The molecule has 2 radical (unpaired) electrons. The van der Waals surface area contributed by atoms with Crippen LogP contribution in [0.5, 0.6) is 0 Å². The van der Waals surface area contributed by atoms with E-state index >= 15 is 0 Å². The highest BCUT2D eigenvalue weighted by Gasteiger charge is 2.10. The number of ether oxygens (including phenoxy) is 1. The number of methoxy groups -OCH3 is 1. The number of hydrogen-bond acceptors (Lipinski definition) is 4. The second-order valence-corrected chi connectivity index (χ2v) is 4.59. The molecule has 0 saturated heterocycles. The molecular formula is C15H12BN3O2. The predicted molar refractivity (Wildman–Crippen MR) is 82.5 cm³/mol. The number of nitrogens with zero attached hydrogens (tertiary/aromatic N) is 1. The largest absolute Gasteiger partial charge is 0.464 e. The Morgan fingerprint density at radius 3 is 2.90 bits per heavy atom. The van der Waals surface area contributed by atoms with E-state index in [9.17, 15) is 4.79 Å². The number of anilines is 2. The predicted octanol–water partition coefficient (Wildman–Crippen LogP) is 1.89. The van der Waals surface area contributed by atoms with E-state index in [2.05, 4.69) is 20.0 Å². The Balaban J connectivity index is 1.92. The smallest absolute Gasteiger partial charge is 0.354 e. The summed E-state index contributed by atoms with van der Waals surface area (Å²) in [6.07, 6.45) is 1.68. The zero-order valence-electron chi connectivity index (χ0n) is 11.4. The molecule has 2 N–H and O–H groups in total. The molecule has 0 saturated carbocycles. The fourth-order valence-electron chi connectivity index (χ4n) is 2.09. The maximum Gasteiger partial charge on any atom is 0.354 e. The van der Waals surface area contributed by atoms with Crippen LogP contribution in [-0.2, 0) is 4.74 Å². The summed E-state index contributed by atoms with van der Waals surface area (Å²) in [5.74, 6) is -0.418. The molecule has 21 heavy (non-hydrogen) atoms. The minimum absolute atomic E-state index is 0.376. The number of H-pyrrole nitrogens is 1. The van der Waals surface area contributed by atoms with Gasteiger partial charge >= 0.3 is 5.97 Å². The second kappa shape index (κ2) is 5.32. The number of nitrogens with one attached hydrogen (secondary N) is 2. The molecule has 0 fully saturated rings. The highest BCUT2D eigenvalue weighted by atomic mass is 16.5. The fourth-order valence-corrected chi connectivity index (χ4v) is 2.09. The Labute approximate surface area is 122 Å². The standard InChI is InChI=1S/C15H12BN3O2/c1-21-15(20)13-6-9-5-12(8-17-14(9)19-13)18-11-4-2-3-10(16)7-11/h2-8,18H,1H3,(H,17,19). The van der Waals surface area contributed by atoms with Crippen molar-refractivity contribution < 1.29 is 9.53 Å². The van der Waals surface area contributed by atoms with Gasteiger partial charge in [0.05, 0.1) is 19.0 Å². The van der Waals surface area contributed by atoms with Crippen molar-refractivity contribution in [2.45, 2.75) is 0 Å². The first-order chi connectivity index (χ1) is 10.2. The zero-order valence-corrected chi connectivity index (χ0v) is 11.4. The molecule has 0 amide bonds. The average Bonchev–Trinajstić information content (AvgIpc) is 2.89. The summed E-state index contributed by atoms with van der Waals surface area (Å²) in [5.41, 5.74) is 3.38. The lowest BCUT2D eigenvalue weighted by Crippen LogP contribution is -2.02. The van der Waals surface area contributed by atoms with Gasteiger partial charge in [-0.05, 0) is 24.3 Å². The zero-order chi connectivity index (χ0) is 14.8. The first kappa shape index (κ1) is 13.2. The lowest BCUT2D eigenvalue weighted by atomic mass is 9.96. The van der Waals surface area contributed by atoms with Gasteiger partial charge in [0.1, 0.15) is 19.2 Å². The summed E-state index contributed by atoms with van der Waals surface area (Å²) in [5, 5.41) is 4.04. The number of pyridine rings is 1. The third-order valence-electron chi connectivity index (χ3n) is 3.05. The van der Waals surface area contributed by atoms with Crippen molar-refractivity contribution in [2.75, 3.05) is 12.4 Å². The van der Waals surface area contributed by atoms with E-state index in [0.717, 1.165) is 16.8 Å². The number of hydrogen-bond donors (Lipinski definition) is 2. The molecule has 0 atom stereocenters. The van der Waals surface area contributed by atoms with Crippen LogP contribution < -0.4 is 10.8 Å². The van der Waals surface area contributed by atoms with E-state index in [1.54, 1.807) is 12.3 Å². The number of carbonyl (C=O) groups excluding carboxylic acids is 1. The molecule has 1 aromatic carbocycles. The third kappa shape index (κ3) is 2.74. The first-order valence-electron chi connectivity index (χ1n) is 6.35.